The van der Waals surface area contributed by atoms with Gasteiger partial charge in [0.25, 0.3) is 5.69 Å². The van der Waals surface area contributed by atoms with E-state index in [9.17, 15) is 29.9 Å². The fourth-order valence-electron chi connectivity index (χ4n) is 1.51. The normalized spacial score (nSPS) is 11.8. The summed E-state index contributed by atoms with van der Waals surface area (Å²) in [5.41, 5.74) is -0.156. The molecule has 10 nitrogen and oxygen atoms in total. The summed E-state index contributed by atoms with van der Waals surface area (Å²) in [6.45, 7) is -1.74. The molecule has 1 rings (SSSR count). The minimum absolute atomic E-state index is 0.111. The molecule has 1 aromatic carbocycles. The Morgan fingerprint density at radius 2 is 2.04 bits per heavy atom. The molecule has 0 aliphatic rings. The lowest BCUT2D eigenvalue weighted by atomic mass is 10.3. The molecule has 0 aliphatic heterocycles. The summed E-state index contributed by atoms with van der Waals surface area (Å²) in [5.74, 6) is -2.05. The van der Waals surface area contributed by atoms with Crippen molar-refractivity contribution in [1.29, 1.82) is 0 Å². The summed E-state index contributed by atoms with van der Waals surface area (Å²) < 4.78 is 4.56. The van der Waals surface area contributed by atoms with Crippen LogP contribution in [-0.2, 0) is 14.3 Å². The Hall–Kier alpha value is -2.21. The number of thioether (sulfide) groups is 1. The number of aliphatic hydroxyl groups excluding tert-OH is 2. The van der Waals surface area contributed by atoms with E-state index in [0.717, 1.165) is 17.8 Å². The number of nitrogens with zero attached hydrogens (tertiary/aromatic N) is 1. The molecule has 0 bridgehead atoms. The molecule has 0 radical (unpaired) electrons. The highest BCUT2D eigenvalue weighted by molar-refractivity contribution is 7.99. The van der Waals surface area contributed by atoms with Gasteiger partial charge < -0.3 is 30.2 Å². The van der Waals surface area contributed by atoms with Gasteiger partial charge in [-0.25, -0.2) is 0 Å². The molecule has 0 spiro atoms. The second-order valence-electron chi connectivity index (χ2n) is 4.53. The Kier molecular flexibility index (Phi) is 8.12. The van der Waals surface area contributed by atoms with Gasteiger partial charge in [-0.1, -0.05) is 0 Å². The number of nitro groups is 1. The number of hydrogen-bond donors (Lipinski definition) is 3. The van der Waals surface area contributed by atoms with Crippen molar-refractivity contribution in [3.63, 3.8) is 0 Å². The summed E-state index contributed by atoms with van der Waals surface area (Å²) in [6, 6.07) is 3.83. The van der Waals surface area contributed by atoms with Crippen molar-refractivity contribution in [2.24, 2.45) is 0 Å². The molecule has 1 aromatic rings. The van der Waals surface area contributed by atoms with Gasteiger partial charge in [0.2, 0.25) is 5.91 Å². The number of ether oxygens (including phenoxy) is 1. The van der Waals surface area contributed by atoms with E-state index in [0.29, 0.717) is 4.90 Å². The zero-order chi connectivity index (χ0) is 18.1. The monoisotopic (exact) mass is 359 g/mol. The summed E-state index contributed by atoms with van der Waals surface area (Å²) in [7, 11) is 0. The van der Waals surface area contributed by atoms with E-state index in [1.54, 1.807) is 0 Å². The minimum Gasteiger partial charge on any atom is -0.548 e. The number of aliphatic hydroxyl groups is 2. The van der Waals surface area contributed by atoms with Crippen molar-refractivity contribution in [2.75, 3.05) is 30.9 Å². The van der Waals surface area contributed by atoms with Gasteiger partial charge in [-0.05, 0) is 6.07 Å². The minimum atomic E-state index is -1.47. The number of carboxylic acids is 1. The second kappa shape index (κ2) is 9.82. The number of hydrogen-bond acceptors (Lipinski definition) is 9. The van der Waals surface area contributed by atoms with Crippen LogP contribution in [0.3, 0.4) is 0 Å². The van der Waals surface area contributed by atoms with Gasteiger partial charge in [0, 0.05) is 28.5 Å². The van der Waals surface area contributed by atoms with Crippen LogP contribution in [0, 0.1) is 10.1 Å². The predicted octanol–water partition coefficient (Wildman–Crippen LogP) is -1.25. The smallest absolute Gasteiger partial charge is 0.272 e. The van der Waals surface area contributed by atoms with Crippen molar-refractivity contribution >= 4 is 35.0 Å². The molecule has 0 aliphatic carbocycles. The van der Waals surface area contributed by atoms with E-state index in [-0.39, 0.29) is 17.1 Å². The van der Waals surface area contributed by atoms with Crippen molar-refractivity contribution < 1.29 is 34.6 Å². The molecule has 0 aromatic heterocycles. The van der Waals surface area contributed by atoms with Crippen molar-refractivity contribution in [3.8, 4) is 0 Å². The summed E-state index contributed by atoms with van der Waals surface area (Å²) in [5, 5.41) is 41.5. The third-order valence-corrected chi connectivity index (χ3v) is 3.61. The van der Waals surface area contributed by atoms with E-state index in [1.165, 1.54) is 12.1 Å². The van der Waals surface area contributed by atoms with Gasteiger partial charge in [0.15, 0.2) is 0 Å². The molecule has 1 amide bonds. The summed E-state index contributed by atoms with van der Waals surface area (Å²) in [4.78, 5) is 32.5. The number of anilines is 1. The quantitative estimate of drug-likeness (QED) is 0.263. The van der Waals surface area contributed by atoms with Crippen LogP contribution in [-0.4, -0.2) is 58.7 Å². The fraction of sp³-hybridized carbons (Fsp3) is 0.385. The third-order valence-electron chi connectivity index (χ3n) is 2.49. The number of non-ortho nitro benzene ring substituents is 1. The molecule has 0 saturated carbocycles. The number of carboxylic acid groups (broad SMARTS) is 1. The highest BCUT2D eigenvalue weighted by Crippen LogP contribution is 2.28. The average Bonchev–Trinajstić information content (AvgIpc) is 2.51. The number of nitrogens with one attached hydrogen (secondary N) is 1. The molecule has 1 unspecified atom stereocenters. The fourth-order valence-corrected chi connectivity index (χ4v) is 2.42. The molecule has 132 valence electrons. The van der Waals surface area contributed by atoms with E-state index in [2.05, 4.69) is 10.1 Å². The summed E-state index contributed by atoms with van der Waals surface area (Å²) in [6.07, 6.45) is -0.981. The van der Waals surface area contributed by atoms with E-state index >= 15 is 0 Å². The number of benzene rings is 1. The Balaban J connectivity index is 2.77. The van der Waals surface area contributed by atoms with Crippen LogP contribution in [0.15, 0.2) is 23.1 Å². The number of carbonyl (C=O) groups is 2. The van der Waals surface area contributed by atoms with Gasteiger partial charge in [-0.2, -0.15) is 0 Å². The van der Waals surface area contributed by atoms with Crippen LogP contribution < -0.4 is 10.4 Å². The first kappa shape index (κ1) is 19.8. The van der Waals surface area contributed by atoms with Crippen LogP contribution in [0.5, 0.6) is 0 Å². The average molecular weight is 359 g/mol. The summed E-state index contributed by atoms with van der Waals surface area (Å²) >= 11 is 1.06. The van der Waals surface area contributed by atoms with Crippen molar-refractivity contribution in [2.45, 2.75) is 11.0 Å². The molecule has 24 heavy (non-hydrogen) atoms. The molecule has 11 heteroatoms. The van der Waals surface area contributed by atoms with E-state index in [4.69, 9.17) is 5.11 Å². The third kappa shape index (κ3) is 7.37. The number of rotatable bonds is 10. The zero-order valence-corrected chi connectivity index (χ0v) is 13.2. The molecule has 1 atom stereocenters. The second-order valence-corrected chi connectivity index (χ2v) is 5.63. The molecule has 0 saturated heterocycles. The van der Waals surface area contributed by atoms with Gasteiger partial charge in [0.05, 0.1) is 30.2 Å². The SMILES string of the molecule is O=C([O-])COCC(=O)Nc1cc(SCC(O)CO)cc([N+](=O)[O-])c1. The number of amides is 1. The molecular weight excluding hydrogens is 344 g/mol. The number of carbonyl (C=O) groups excluding carboxylic acids is 2. The van der Waals surface area contributed by atoms with Crippen molar-refractivity contribution in [3.05, 3.63) is 28.3 Å². The standard InChI is InChI=1S/C13H16N2O8S/c16-4-10(17)7-24-11-2-8(1-9(3-11)15(21)22)14-12(18)5-23-6-13(19)20/h1-3,10,16-17H,4-7H2,(H,14,18)(H,19,20)/p-1. The highest BCUT2D eigenvalue weighted by atomic mass is 32.2. The largest absolute Gasteiger partial charge is 0.548 e. The molecule has 0 fully saturated rings. The Bertz CT molecular complexity index is 610. The van der Waals surface area contributed by atoms with Crippen molar-refractivity contribution in [1.82, 2.24) is 0 Å². The first-order chi connectivity index (χ1) is 11.3. The zero-order valence-electron chi connectivity index (χ0n) is 12.3. The predicted molar refractivity (Wildman–Crippen MR) is 81.4 cm³/mol. The maximum atomic E-state index is 11.6. The van der Waals surface area contributed by atoms with E-state index in [1.807, 2.05) is 0 Å². The molecule has 0 heterocycles. The molecular formula is C13H15N2O8S-. The van der Waals surface area contributed by atoms with Crippen LogP contribution in [0.2, 0.25) is 0 Å². The lowest BCUT2D eigenvalue weighted by Gasteiger charge is -2.10. The number of nitro benzene ring substituents is 1. The maximum Gasteiger partial charge on any atom is 0.272 e. The highest BCUT2D eigenvalue weighted by Gasteiger charge is 2.13. The first-order valence-electron chi connectivity index (χ1n) is 6.60. The molecule has 3 N–H and O–H groups in total. The van der Waals surface area contributed by atoms with Gasteiger partial charge in [-0.3, -0.25) is 14.9 Å². The lowest BCUT2D eigenvalue weighted by Crippen LogP contribution is -2.29. The van der Waals surface area contributed by atoms with Gasteiger partial charge >= 0.3 is 0 Å². The van der Waals surface area contributed by atoms with E-state index < -0.39 is 42.7 Å². The topological polar surface area (TPSA) is 162 Å². The van der Waals surface area contributed by atoms with Crippen LogP contribution in [0.25, 0.3) is 0 Å². The van der Waals surface area contributed by atoms with Crippen LogP contribution in [0.1, 0.15) is 0 Å². The van der Waals surface area contributed by atoms with Crippen LogP contribution >= 0.6 is 11.8 Å². The van der Waals surface area contributed by atoms with Gasteiger partial charge in [0.1, 0.15) is 6.61 Å². The van der Waals surface area contributed by atoms with Gasteiger partial charge in [-0.15, -0.1) is 11.8 Å². The Morgan fingerprint density at radius 3 is 2.62 bits per heavy atom. The maximum absolute atomic E-state index is 11.6. The van der Waals surface area contributed by atoms with Crippen LogP contribution in [0.4, 0.5) is 11.4 Å². The first-order valence-corrected chi connectivity index (χ1v) is 7.59. The Morgan fingerprint density at radius 1 is 1.33 bits per heavy atom. The Labute approximate surface area is 140 Å². The lowest BCUT2D eigenvalue weighted by molar-refractivity contribution is -0.385. The number of aliphatic carboxylic acids is 1.